The summed E-state index contributed by atoms with van der Waals surface area (Å²) < 4.78 is 28.0. The highest BCUT2D eigenvalue weighted by atomic mass is 32.2. The Hall–Kier alpha value is -2.19. The molecule has 8 heteroatoms. The zero-order valence-electron chi connectivity index (χ0n) is 13.6. The molecule has 0 radical (unpaired) electrons. The highest BCUT2D eigenvalue weighted by molar-refractivity contribution is 7.89. The smallest absolute Gasteiger partial charge is 0.308 e. The molecular weight excluding hydrogens is 344 g/mol. The van der Waals surface area contributed by atoms with E-state index in [0.717, 1.165) is 19.3 Å². The second-order valence-electron chi connectivity index (χ2n) is 6.38. The maximum atomic E-state index is 12.7. The van der Waals surface area contributed by atoms with Gasteiger partial charge in [0.25, 0.3) is 0 Å². The largest absolute Gasteiger partial charge is 0.481 e. The summed E-state index contributed by atoms with van der Waals surface area (Å²) in [5.74, 6) is -1.68. The van der Waals surface area contributed by atoms with Crippen LogP contribution in [0, 0.1) is 5.92 Å². The van der Waals surface area contributed by atoms with E-state index in [9.17, 15) is 23.1 Å². The van der Waals surface area contributed by atoms with Gasteiger partial charge < -0.3 is 10.1 Å². The van der Waals surface area contributed by atoms with Crippen LogP contribution in [0.4, 0.5) is 0 Å². The van der Waals surface area contributed by atoms with E-state index in [4.69, 9.17) is 0 Å². The van der Waals surface area contributed by atoms with Crippen LogP contribution < -0.4 is 10.3 Å². The lowest BCUT2D eigenvalue weighted by atomic mass is 9.96. The number of H-pyrrole nitrogens is 1. The topological polar surface area (TPSA) is 116 Å². The summed E-state index contributed by atoms with van der Waals surface area (Å²) >= 11 is 0. The molecule has 1 fully saturated rings. The second-order valence-corrected chi connectivity index (χ2v) is 8.10. The Labute approximate surface area is 145 Å². The van der Waals surface area contributed by atoms with Gasteiger partial charge in [-0.05, 0) is 42.5 Å². The van der Waals surface area contributed by atoms with E-state index < -0.39 is 28.0 Å². The third-order valence-corrected chi connectivity index (χ3v) is 6.13. The predicted octanol–water partition coefficient (Wildman–Crippen LogP) is 1.84. The molecule has 134 valence electrons. The number of aromatic amines is 1. The number of fused-ring (bicyclic) bond motifs is 1. The average molecular weight is 364 g/mol. The number of hydrogen-bond donors (Lipinski definition) is 3. The molecule has 1 heterocycles. The van der Waals surface area contributed by atoms with Crippen molar-refractivity contribution >= 4 is 26.9 Å². The molecule has 3 rings (SSSR count). The molecule has 0 saturated heterocycles. The van der Waals surface area contributed by atoms with Crippen LogP contribution in [0.5, 0.6) is 0 Å². The standard InChI is InChI=1S/C17H20N2O5S/c20-16-9-6-11-10-12(7-8-14(11)18-16)25(23,24)19-15-5-3-1-2-4-13(15)17(21)22/h6-10,13,15,19H,1-5H2,(H,18,20)(H,21,22)/t13-,15+/m1/s1. The highest BCUT2D eigenvalue weighted by Crippen LogP contribution is 2.26. The first-order chi connectivity index (χ1) is 11.9. The molecule has 1 aromatic carbocycles. The number of aliphatic carboxylic acids is 1. The van der Waals surface area contributed by atoms with Crippen molar-refractivity contribution in [2.75, 3.05) is 0 Å². The minimum absolute atomic E-state index is 0.0560. The molecule has 25 heavy (non-hydrogen) atoms. The number of benzene rings is 1. The molecule has 7 nitrogen and oxygen atoms in total. The lowest BCUT2D eigenvalue weighted by molar-refractivity contribution is -0.142. The Kier molecular flexibility index (Phi) is 4.91. The number of carbonyl (C=O) groups is 1. The van der Waals surface area contributed by atoms with E-state index in [1.807, 2.05) is 0 Å². The maximum Gasteiger partial charge on any atom is 0.308 e. The normalized spacial score (nSPS) is 21.8. The number of nitrogens with one attached hydrogen (secondary N) is 2. The molecule has 3 N–H and O–H groups in total. The van der Waals surface area contributed by atoms with Gasteiger partial charge in [0.2, 0.25) is 15.6 Å². The van der Waals surface area contributed by atoms with Crippen LogP contribution in [0.1, 0.15) is 32.1 Å². The van der Waals surface area contributed by atoms with Crippen molar-refractivity contribution in [3.05, 3.63) is 40.7 Å². The number of hydrogen-bond acceptors (Lipinski definition) is 4. The molecule has 0 amide bonds. The molecule has 0 bridgehead atoms. The zero-order chi connectivity index (χ0) is 18.0. The van der Waals surface area contributed by atoms with Gasteiger partial charge >= 0.3 is 5.97 Å². The van der Waals surface area contributed by atoms with Gasteiger partial charge in [-0.3, -0.25) is 9.59 Å². The Morgan fingerprint density at radius 2 is 1.88 bits per heavy atom. The summed E-state index contributed by atoms with van der Waals surface area (Å²) in [5, 5.41) is 10.00. The first-order valence-corrected chi connectivity index (χ1v) is 9.73. The van der Waals surface area contributed by atoms with E-state index in [2.05, 4.69) is 9.71 Å². The van der Waals surface area contributed by atoms with Crippen LogP contribution in [-0.2, 0) is 14.8 Å². The van der Waals surface area contributed by atoms with Gasteiger partial charge in [0, 0.05) is 17.6 Å². The van der Waals surface area contributed by atoms with Gasteiger partial charge in [-0.2, -0.15) is 0 Å². The fourth-order valence-electron chi connectivity index (χ4n) is 3.31. The first-order valence-electron chi connectivity index (χ1n) is 8.25. The number of pyridine rings is 1. The molecule has 0 unspecified atom stereocenters. The highest BCUT2D eigenvalue weighted by Gasteiger charge is 2.32. The summed E-state index contributed by atoms with van der Waals surface area (Å²) in [6.07, 6.45) is 3.48. The molecule has 0 aliphatic heterocycles. The number of carboxylic acids is 1. The zero-order valence-corrected chi connectivity index (χ0v) is 14.4. The SMILES string of the molecule is O=C(O)[C@@H]1CCCCC[C@@H]1NS(=O)(=O)c1ccc2[nH]c(=O)ccc2c1. The van der Waals surface area contributed by atoms with Gasteiger partial charge in [0.05, 0.1) is 10.8 Å². The van der Waals surface area contributed by atoms with Crippen molar-refractivity contribution in [2.24, 2.45) is 5.92 Å². The molecule has 2 aromatic rings. The number of aromatic nitrogens is 1. The lowest BCUT2D eigenvalue weighted by Crippen LogP contribution is -2.42. The summed E-state index contributed by atoms with van der Waals surface area (Å²) in [6, 6.07) is 6.69. The number of sulfonamides is 1. The maximum absolute atomic E-state index is 12.7. The Morgan fingerprint density at radius 1 is 1.12 bits per heavy atom. The van der Waals surface area contributed by atoms with E-state index in [-0.39, 0.29) is 10.5 Å². The Bertz CT molecular complexity index is 951. The van der Waals surface area contributed by atoms with Crippen LogP contribution in [0.15, 0.2) is 40.0 Å². The fraction of sp³-hybridized carbons (Fsp3) is 0.412. The molecule has 1 saturated carbocycles. The predicted molar refractivity (Wildman–Crippen MR) is 92.9 cm³/mol. The summed E-state index contributed by atoms with van der Waals surface area (Å²) in [7, 11) is -3.85. The third kappa shape index (κ3) is 3.91. The monoisotopic (exact) mass is 364 g/mol. The van der Waals surface area contributed by atoms with E-state index in [1.165, 1.54) is 24.3 Å². The molecular formula is C17H20N2O5S. The molecule has 0 spiro atoms. The van der Waals surface area contributed by atoms with Gasteiger partial charge in [0.15, 0.2) is 0 Å². The molecule has 1 aliphatic carbocycles. The van der Waals surface area contributed by atoms with Crippen molar-refractivity contribution in [1.82, 2.24) is 9.71 Å². The van der Waals surface area contributed by atoms with Gasteiger partial charge in [-0.1, -0.05) is 19.3 Å². The summed E-state index contributed by atoms with van der Waals surface area (Å²) in [6.45, 7) is 0. The average Bonchev–Trinajstić information content (AvgIpc) is 2.79. The van der Waals surface area contributed by atoms with Gasteiger partial charge in [-0.15, -0.1) is 0 Å². The van der Waals surface area contributed by atoms with Crippen molar-refractivity contribution in [1.29, 1.82) is 0 Å². The Balaban J connectivity index is 1.91. The lowest BCUT2D eigenvalue weighted by Gasteiger charge is -2.22. The van der Waals surface area contributed by atoms with Crippen LogP contribution >= 0.6 is 0 Å². The minimum Gasteiger partial charge on any atom is -0.481 e. The molecule has 1 aromatic heterocycles. The van der Waals surface area contributed by atoms with Crippen LogP contribution in [0.3, 0.4) is 0 Å². The van der Waals surface area contributed by atoms with Crippen molar-refractivity contribution in [3.63, 3.8) is 0 Å². The van der Waals surface area contributed by atoms with Crippen molar-refractivity contribution in [3.8, 4) is 0 Å². The van der Waals surface area contributed by atoms with Crippen LogP contribution in [0.2, 0.25) is 0 Å². The van der Waals surface area contributed by atoms with E-state index in [0.29, 0.717) is 23.7 Å². The third-order valence-electron chi connectivity index (χ3n) is 4.65. The summed E-state index contributed by atoms with van der Waals surface area (Å²) in [5.41, 5.74) is 0.285. The molecule has 2 atom stereocenters. The summed E-state index contributed by atoms with van der Waals surface area (Å²) in [4.78, 5) is 25.5. The van der Waals surface area contributed by atoms with Gasteiger partial charge in [0.1, 0.15) is 0 Å². The molecule has 1 aliphatic rings. The Morgan fingerprint density at radius 3 is 2.64 bits per heavy atom. The van der Waals surface area contributed by atoms with Crippen LogP contribution in [0.25, 0.3) is 10.9 Å². The van der Waals surface area contributed by atoms with E-state index in [1.54, 1.807) is 6.07 Å². The second kappa shape index (κ2) is 6.97. The van der Waals surface area contributed by atoms with E-state index >= 15 is 0 Å². The number of rotatable bonds is 4. The van der Waals surface area contributed by atoms with Gasteiger partial charge in [-0.25, -0.2) is 13.1 Å². The minimum atomic E-state index is -3.85. The fourth-order valence-corrected chi connectivity index (χ4v) is 4.66. The quantitative estimate of drug-likeness (QED) is 0.716. The first kappa shape index (κ1) is 17.6. The van der Waals surface area contributed by atoms with Crippen molar-refractivity contribution in [2.45, 2.75) is 43.0 Å². The van der Waals surface area contributed by atoms with Crippen molar-refractivity contribution < 1.29 is 18.3 Å². The van der Waals surface area contributed by atoms with Crippen LogP contribution in [-0.4, -0.2) is 30.5 Å². The number of carboxylic acid groups (broad SMARTS) is 1.